The third-order valence-electron chi connectivity index (χ3n) is 3.31. The van der Waals surface area contributed by atoms with E-state index in [1.165, 1.54) is 0 Å². The van der Waals surface area contributed by atoms with Crippen LogP contribution in [0.2, 0.25) is 0 Å². The summed E-state index contributed by atoms with van der Waals surface area (Å²) < 4.78 is 5.30. The van der Waals surface area contributed by atoms with Crippen LogP contribution in [0.4, 0.5) is 4.79 Å². The van der Waals surface area contributed by atoms with Gasteiger partial charge in [0.1, 0.15) is 11.9 Å². The molecule has 19 heavy (non-hydrogen) atoms. The Kier molecular flexibility index (Phi) is 5.35. The molecule has 0 radical (unpaired) electrons. The summed E-state index contributed by atoms with van der Waals surface area (Å²) in [6, 6.07) is 0. The maximum Gasteiger partial charge on any atom is 0.410 e. The van der Waals surface area contributed by atoms with Gasteiger partial charge >= 0.3 is 6.09 Å². The number of unbranched alkanes of at least 4 members (excludes halogenated alkanes) is 1. The predicted octanol–water partition coefficient (Wildman–Crippen LogP) is 2.12. The number of aliphatic hydroxyl groups is 1. The van der Waals surface area contributed by atoms with Crippen LogP contribution in [0.5, 0.6) is 0 Å². The Morgan fingerprint density at radius 1 is 1.37 bits per heavy atom. The Labute approximate surface area is 114 Å². The number of rotatable bonds is 4. The number of piperidine rings is 1. The van der Waals surface area contributed by atoms with E-state index >= 15 is 0 Å². The summed E-state index contributed by atoms with van der Waals surface area (Å²) in [5.74, 6) is 0. The van der Waals surface area contributed by atoms with Gasteiger partial charge in [0.15, 0.2) is 0 Å². The van der Waals surface area contributed by atoms with Gasteiger partial charge in [-0.15, -0.1) is 0 Å². The van der Waals surface area contributed by atoms with Gasteiger partial charge in [-0.3, -0.25) is 0 Å². The molecule has 0 aromatic rings. The lowest BCUT2D eigenvalue weighted by molar-refractivity contribution is -0.108. The van der Waals surface area contributed by atoms with Crippen LogP contribution in [0.3, 0.4) is 0 Å². The predicted molar refractivity (Wildman–Crippen MR) is 71.9 cm³/mol. The number of amides is 1. The summed E-state index contributed by atoms with van der Waals surface area (Å²) in [4.78, 5) is 23.8. The van der Waals surface area contributed by atoms with E-state index in [9.17, 15) is 14.7 Å². The second-order valence-electron chi connectivity index (χ2n) is 6.25. The summed E-state index contributed by atoms with van der Waals surface area (Å²) in [5, 5.41) is 10.3. The topological polar surface area (TPSA) is 66.8 Å². The lowest BCUT2D eigenvalue weighted by Gasteiger charge is -2.38. The highest BCUT2D eigenvalue weighted by Gasteiger charge is 2.34. The molecule has 0 aromatic heterocycles. The van der Waals surface area contributed by atoms with Crippen molar-refractivity contribution >= 4 is 12.4 Å². The van der Waals surface area contributed by atoms with E-state index < -0.39 is 11.2 Å². The fourth-order valence-corrected chi connectivity index (χ4v) is 2.20. The minimum absolute atomic E-state index is 0.317. The van der Waals surface area contributed by atoms with Crippen LogP contribution < -0.4 is 0 Å². The van der Waals surface area contributed by atoms with Gasteiger partial charge in [0.05, 0.1) is 5.60 Å². The number of hydrogen-bond acceptors (Lipinski definition) is 4. The summed E-state index contributed by atoms with van der Waals surface area (Å²) in [7, 11) is 0. The van der Waals surface area contributed by atoms with Gasteiger partial charge < -0.3 is 19.5 Å². The minimum atomic E-state index is -0.735. The highest BCUT2D eigenvalue weighted by molar-refractivity contribution is 5.68. The molecule has 1 aliphatic heterocycles. The molecule has 5 heteroatoms. The monoisotopic (exact) mass is 271 g/mol. The summed E-state index contributed by atoms with van der Waals surface area (Å²) >= 11 is 0. The maximum atomic E-state index is 11.9. The second-order valence-corrected chi connectivity index (χ2v) is 6.25. The fraction of sp³-hybridized carbons (Fsp3) is 0.857. The standard InChI is InChI=1S/C14H25NO4/c1-13(2,3)19-12(17)15-9-7-14(18,8-10-15)6-4-5-11-16/h11,18H,4-10H2,1-3H3. The SMILES string of the molecule is CC(C)(C)OC(=O)N1CCC(O)(CCCC=O)CC1. The number of carbonyl (C=O) groups is 2. The van der Waals surface area contributed by atoms with Crippen LogP contribution in [0.15, 0.2) is 0 Å². The first-order valence-electron chi connectivity index (χ1n) is 6.90. The van der Waals surface area contributed by atoms with Crippen LogP contribution in [-0.4, -0.2) is 46.7 Å². The normalized spacial score (nSPS) is 19.1. The molecule has 1 aliphatic rings. The minimum Gasteiger partial charge on any atom is -0.444 e. The van der Waals surface area contributed by atoms with Gasteiger partial charge in [-0.1, -0.05) is 0 Å². The second kappa shape index (κ2) is 6.37. The molecule has 110 valence electrons. The van der Waals surface area contributed by atoms with Crippen molar-refractivity contribution < 1.29 is 19.4 Å². The van der Waals surface area contributed by atoms with Gasteiger partial charge in [0.25, 0.3) is 0 Å². The molecule has 0 unspecified atom stereocenters. The van der Waals surface area contributed by atoms with Crippen molar-refractivity contribution in [1.29, 1.82) is 0 Å². The molecule has 0 spiro atoms. The first-order chi connectivity index (χ1) is 8.76. The van der Waals surface area contributed by atoms with Crippen molar-refractivity contribution in [1.82, 2.24) is 4.90 Å². The molecule has 1 heterocycles. The Morgan fingerprint density at radius 2 is 1.95 bits per heavy atom. The van der Waals surface area contributed by atoms with Crippen molar-refractivity contribution in [3.63, 3.8) is 0 Å². The number of aldehydes is 1. The molecule has 0 aromatic carbocycles. The van der Waals surface area contributed by atoms with Crippen LogP contribution in [0, 0.1) is 0 Å². The first kappa shape index (κ1) is 16.0. The van der Waals surface area contributed by atoms with Crippen LogP contribution in [0.25, 0.3) is 0 Å². The van der Waals surface area contributed by atoms with Gasteiger partial charge in [-0.25, -0.2) is 4.79 Å². The van der Waals surface area contributed by atoms with Crippen LogP contribution in [-0.2, 0) is 9.53 Å². The first-order valence-corrected chi connectivity index (χ1v) is 6.90. The molecule has 1 fully saturated rings. The molecule has 1 rings (SSSR count). The van der Waals surface area contributed by atoms with Gasteiger partial charge in [0, 0.05) is 19.5 Å². The fourth-order valence-electron chi connectivity index (χ4n) is 2.20. The smallest absolute Gasteiger partial charge is 0.410 e. The molecule has 0 aliphatic carbocycles. The molecular formula is C14H25NO4. The van der Waals surface area contributed by atoms with Crippen molar-refractivity contribution in [2.75, 3.05) is 13.1 Å². The van der Waals surface area contributed by atoms with Crippen LogP contribution >= 0.6 is 0 Å². The van der Waals surface area contributed by atoms with E-state index in [-0.39, 0.29) is 6.09 Å². The Balaban J connectivity index is 2.39. The van der Waals surface area contributed by atoms with E-state index in [4.69, 9.17) is 4.74 Å². The number of hydrogen-bond donors (Lipinski definition) is 1. The average molecular weight is 271 g/mol. The zero-order valence-electron chi connectivity index (χ0n) is 12.1. The molecular weight excluding hydrogens is 246 g/mol. The third-order valence-corrected chi connectivity index (χ3v) is 3.31. The molecule has 1 saturated heterocycles. The Morgan fingerprint density at radius 3 is 2.42 bits per heavy atom. The zero-order chi connectivity index (χ0) is 14.5. The highest BCUT2D eigenvalue weighted by Crippen LogP contribution is 2.28. The number of nitrogens with zero attached hydrogens (tertiary/aromatic N) is 1. The van der Waals surface area contributed by atoms with E-state index in [0.29, 0.717) is 45.2 Å². The van der Waals surface area contributed by atoms with E-state index in [1.54, 1.807) is 4.90 Å². The van der Waals surface area contributed by atoms with Crippen molar-refractivity contribution in [2.24, 2.45) is 0 Å². The molecule has 0 atom stereocenters. The van der Waals surface area contributed by atoms with E-state index in [0.717, 1.165) is 6.29 Å². The number of carbonyl (C=O) groups excluding carboxylic acids is 2. The lowest BCUT2D eigenvalue weighted by Crippen LogP contribution is -2.48. The van der Waals surface area contributed by atoms with Crippen LogP contribution in [0.1, 0.15) is 52.9 Å². The summed E-state index contributed by atoms with van der Waals surface area (Å²) in [5.41, 5.74) is -1.23. The summed E-state index contributed by atoms with van der Waals surface area (Å²) in [6.07, 6.45) is 3.45. The van der Waals surface area contributed by atoms with Gasteiger partial charge in [-0.05, 0) is 46.5 Å². The average Bonchev–Trinajstić information content (AvgIpc) is 2.27. The largest absolute Gasteiger partial charge is 0.444 e. The molecule has 1 amide bonds. The van der Waals surface area contributed by atoms with Crippen molar-refractivity contribution in [3.8, 4) is 0 Å². The zero-order valence-corrected chi connectivity index (χ0v) is 12.1. The number of likely N-dealkylation sites (tertiary alicyclic amines) is 1. The molecule has 1 N–H and O–H groups in total. The highest BCUT2D eigenvalue weighted by atomic mass is 16.6. The van der Waals surface area contributed by atoms with Crippen molar-refractivity contribution in [3.05, 3.63) is 0 Å². The van der Waals surface area contributed by atoms with Crippen molar-refractivity contribution in [2.45, 2.75) is 64.1 Å². The van der Waals surface area contributed by atoms with E-state index in [2.05, 4.69) is 0 Å². The Hall–Kier alpha value is -1.10. The lowest BCUT2D eigenvalue weighted by atomic mass is 9.87. The number of ether oxygens (including phenoxy) is 1. The quantitative estimate of drug-likeness (QED) is 0.628. The van der Waals surface area contributed by atoms with Gasteiger partial charge in [0.2, 0.25) is 0 Å². The van der Waals surface area contributed by atoms with Gasteiger partial charge in [-0.2, -0.15) is 0 Å². The summed E-state index contributed by atoms with van der Waals surface area (Å²) in [6.45, 7) is 6.53. The Bertz CT molecular complexity index is 314. The molecule has 0 bridgehead atoms. The van der Waals surface area contributed by atoms with E-state index in [1.807, 2.05) is 20.8 Å². The molecule has 5 nitrogen and oxygen atoms in total. The third kappa shape index (κ3) is 5.59. The molecule has 0 saturated carbocycles. The maximum absolute atomic E-state index is 11.9.